The molecule has 0 aromatic heterocycles. The molecular formula is C41H87BrN2O3. The van der Waals surface area contributed by atoms with Gasteiger partial charge in [-0.25, -0.2) is 0 Å². The van der Waals surface area contributed by atoms with Gasteiger partial charge < -0.3 is 22.7 Å². The molecule has 2 N–H and O–H groups in total. The number of unbranched alkanes of at least 4 members (excludes halogenated alkanes) is 21. The Kier molecular flexibility index (Phi) is 37.9. The number of hydroxylamine groups is 3. The van der Waals surface area contributed by atoms with Gasteiger partial charge in [0, 0.05) is 12.5 Å². The van der Waals surface area contributed by atoms with E-state index in [-0.39, 0.29) is 46.3 Å². The Labute approximate surface area is 306 Å². The zero-order chi connectivity index (χ0) is 34.1. The van der Waals surface area contributed by atoms with Gasteiger partial charge in [0.1, 0.15) is 18.3 Å². The Morgan fingerprint density at radius 3 is 0.915 bits per heavy atom. The number of halogens is 1. The average molecular weight is 736 g/mol. The quantitative estimate of drug-likeness (QED) is 0.0392. The van der Waals surface area contributed by atoms with Crippen molar-refractivity contribution in [3.63, 3.8) is 0 Å². The van der Waals surface area contributed by atoms with Gasteiger partial charge in [-0.15, -0.1) is 14.5 Å². The highest BCUT2D eigenvalue weighted by Gasteiger charge is 2.41. The highest BCUT2D eigenvalue weighted by molar-refractivity contribution is 4.58. The lowest BCUT2D eigenvalue weighted by Gasteiger charge is -2.36. The SMILES string of the molecule is CCCCCCCCCCC(C)O[N+](CCC(N)CC)(OC(C)CCCCCCCCCC)OC(C)CCCCCCCCCC.[Br-]. The molecule has 0 aliphatic carbocycles. The number of rotatable bonds is 37. The summed E-state index contributed by atoms with van der Waals surface area (Å²) in [6, 6.07) is 0.127. The molecule has 0 amide bonds. The zero-order valence-electron chi connectivity index (χ0n) is 33.1. The van der Waals surface area contributed by atoms with E-state index in [4.69, 9.17) is 20.2 Å². The van der Waals surface area contributed by atoms with Crippen LogP contribution in [0.2, 0.25) is 0 Å². The molecule has 0 saturated heterocycles. The highest BCUT2D eigenvalue weighted by Crippen LogP contribution is 2.26. The van der Waals surface area contributed by atoms with E-state index in [1.165, 1.54) is 154 Å². The van der Waals surface area contributed by atoms with E-state index in [0.717, 1.165) is 32.1 Å². The Balaban J connectivity index is 0. The first-order chi connectivity index (χ1) is 22.3. The van der Waals surface area contributed by atoms with Gasteiger partial charge in [-0.05, 0) is 46.5 Å². The van der Waals surface area contributed by atoms with Gasteiger partial charge in [0.2, 0.25) is 0 Å². The van der Waals surface area contributed by atoms with Gasteiger partial charge in [-0.1, -0.05) is 182 Å². The van der Waals surface area contributed by atoms with Gasteiger partial charge >= 0.3 is 0 Å². The molecule has 4 atom stereocenters. The van der Waals surface area contributed by atoms with Crippen LogP contribution in [-0.4, -0.2) is 35.9 Å². The van der Waals surface area contributed by atoms with Crippen LogP contribution in [0.15, 0.2) is 0 Å². The fraction of sp³-hybridized carbons (Fsp3) is 1.00. The first-order valence-corrected chi connectivity index (χ1v) is 21.0. The standard InChI is InChI=1S/C41H87N2O3.BrH/c1-8-12-15-18-21-24-27-30-33-38(5)44-43(37-36-41(42)11-4,45-39(6)34-31-28-25-22-19-16-13-9-2)46-40(7)35-32-29-26-23-20-17-14-10-3;/h38-41H,8-37,42H2,1-7H3;1H/q+1;/p-1. The number of nitrogens with zero attached hydrogens (tertiary/aromatic N) is 1. The predicted molar refractivity (Wildman–Crippen MR) is 201 cm³/mol. The Bertz CT molecular complexity index is 542. The molecule has 0 radical (unpaired) electrons. The number of hydrogen-bond donors (Lipinski definition) is 1. The average Bonchev–Trinajstić information content (AvgIpc) is 3.03. The van der Waals surface area contributed by atoms with E-state index in [1.54, 1.807) is 0 Å². The molecule has 0 aromatic carbocycles. The minimum Gasteiger partial charge on any atom is -1.00 e. The maximum absolute atomic E-state index is 6.84. The molecule has 0 aliphatic heterocycles. The maximum Gasteiger partial charge on any atom is 0.179 e. The van der Waals surface area contributed by atoms with E-state index >= 15 is 0 Å². The van der Waals surface area contributed by atoms with E-state index < -0.39 is 0 Å². The summed E-state index contributed by atoms with van der Waals surface area (Å²) in [4.78, 5) is 20.4. The summed E-state index contributed by atoms with van der Waals surface area (Å²) in [5.41, 5.74) is 6.47. The number of hydrogen-bond acceptors (Lipinski definition) is 4. The molecule has 0 saturated carbocycles. The maximum atomic E-state index is 6.84. The van der Waals surface area contributed by atoms with Crippen molar-refractivity contribution < 1.29 is 36.5 Å². The van der Waals surface area contributed by atoms with Gasteiger partial charge in [-0.3, -0.25) is 0 Å². The van der Waals surface area contributed by atoms with E-state index in [9.17, 15) is 0 Å². The van der Waals surface area contributed by atoms with Crippen LogP contribution >= 0.6 is 0 Å². The lowest BCUT2D eigenvalue weighted by molar-refractivity contribution is -1.37. The van der Waals surface area contributed by atoms with Crippen molar-refractivity contribution in [1.29, 1.82) is 0 Å². The van der Waals surface area contributed by atoms with Crippen LogP contribution in [0.25, 0.3) is 0 Å². The monoisotopic (exact) mass is 735 g/mol. The fourth-order valence-electron chi connectivity index (χ4n) is 6.44. The summed E-state index contributed by atoms with van der Waals surface area (Å²) in [7, 11) is 0. The van der Waals surface area contributed by atoms with Crippen molar-refractivity contribution >= 4 is 0 Å². The van der Waals surface area contributed by atoms with Gasteiger partial charge in [0.05, 0.1) is 4.97 Å². The van der Waals surface area contributed by atoms with Crippen molar-refractivity contribution in [2.45, 2.75) is 259 Å². The zero-order valence-corrected chi connectivity index (χ0v) is 34.7. The third-order valence-corrected chi connectivity index (χ3v) is 9.71. The summed E-state index contributed by atoms with van der Waals surface area (Å²) in [6.45, 7) is 16.3. The highest BCUT2D eigenvalue weighted by atomic mass is 79.9. The molecule has 0 heterocycles. The topological polar surface area (TPSA) is 53.7 Å². The molecule has 0 aromatic rings. The Morgan fingerprint density at radius 2 is 0.660 bits per heavy atom. The Hall–Kier alpha value is 0.280. The Morgan fingerprint density at radius 1 is 0.404 bits per heavy atom. The molecule has 6 heteroatoms. The van der Waals surface area contributed by atoms with Crippen molar-refractivity contribution in [1.82, 2.24) is 0 Å². The molecular weight excluding hydrogens is 648 g/mol. The molecule has 0 aliphatic rings. The van der Waals surface area contributed by atoms with Crippen LogP contribution in [0.4, 0.5) is 0 Å². The number of nitrogens with two attached hydrogens (primary N) is 1. The van der Waals surface area contributed by atoms with E-state index in [2.05, 4.69) is 48.5 Å². The summed E-state index contributed by atoms with van der Waals surface area (Å²) in [6.07, 6.45) is 37.1. The first-order valence-electron chi connectivity index (χ1n) is 21.0. The van der Waals surface area contributed by atoms with Crippen molar-refractivity contribution in [3.05, 3.63) is 0 Å². The molecule has 0 rings (SSSR count). The van der Waals surface area contributed by atoms with Crippen LogP contribution in [0.1, 0.15) is 235 Å². The molecule has 0 bridgehead atoms. The normalized spacial score (nSPS) is 15.6. The second-order valence-electron chi connectivity index (χ2n) is 14.8. The molecule has 4 unspecified atom stereocenters. The van der Waals surface area contributed by atoms with Crippen LogP contribution in [0, 0.1) is 0 Å². The largest absolute Gasteiger partial charge is 1.00 e. The van der Waals surface area contributed by atoms with E-state index in [1.807, 2.05) is 0 Å². The molecule has 47 heavy (non-hydrogen) atoms. The van der Waals surface area contributed by atoms with E-state index in [0.29, 0.717) is 6.54 Å². The summed E-state index contributed by atoms with van der Waals surface area (Å²) in [5, 5.41) is 0. The van der Waals surface area contributed by atoms with Crippen LogP contribution < -0.4 is 22.7 Å². The smallest absolute Gasteiger partial charge is 0.179 e. The third-order valence-electron chi connectivity index (χ3n) is 9.71. The molecule has 0 fully saturated rings. The van der Waals surface area contributed by atoms with Gasteiger partial charge in [0.25, 0.3) is 0 Å². The first kappa shape index (κ1) is 49.4. The van der Waals surface area contributed by atoms with Gasteiger partial charge in [0.15, 0.2) is 6.54 Å². The summed E-state index contributed by atoms with van der Waals surface area (Å²) < 4.78 is 0. The van der Waals surface area contributed by atoms with Crippen molar-refractivity contribution in [2.75, 3.05) is 6.54 Å². The molecule has 0 spiro atoms. The summed E-state index contributed by atoms with van der Waals surface area (Å²) >= 11 is 0. The number of quaternary nitrogens is 1. The third kappa shape index (κ3) is 32.0. The predicted octanol–water partition coefficient (Wildman–Crippen LogP) is 10.5. The lowest BCUT2D eigenvalue weighted by Crippen LogP contribution is -3.00. The lowest BCUT2D eigenvalue weighted by atomic mass is 10.1. The second-order valence-corrected chi connectivity index (χ2v) is 14.8. The van der Waals surface area contributed by atoms with Gasteiger partial charge in [-0.2, -0.15) is 0 Å². The van der Waals surface area contributed by atoms with Crippen LogP contribution in [-0.2, 0) is 14.5 Å². The van der Waals surface area contributed by atoms with Crippen LogP contribution in [0.3, 0.4) is 0 Å². The minimum absolute atomic E-state index is 0. The second kappa shape index (κ2) is 36.1. The summed E-state index contributed by atoms with van der Waals surface area (Å²) in [5.74, 6) is 0. The molecule has 5 nitrogen and oxygen atoms in total. The van der Waals surface area contributed by atoms with Crippen molar-refractivity contribution in [3.8, 4) is 0 Å². The van der Waals surface area contributed by atoms with Crippen LogP contribution in [0.5, 0.6) is 0 Å². The molecule has 286 valence electrons. The fourth-order valence-corrected chi connectivity index (χ4v) is 6.44. The van der Waals surface area contributed by atoms with Crippen molar-refractivity contribution in [2.24, 2.45) is 5.73 Å². The minimum atomic E-state index is -0.151.